The minimum absolute atomic E-state index is 0.0332. The van der Waals surface area contributed by atoms with E-state index in [0.717, 1.165) is 11.1 Å². The molecule has 4 atom stereocenters. The number of rotatable bonds is 17. The molecule has 3 aromatic carbocycles. The Kier molecular flexibility index (Phi) is 17.5. The van der Waals surface area contributed by atoms with Crippen molar-refractivity contribution < 1.29 is 38.6 Å². The van der Waals surface area contributed by atoms with Crippen molar-refractivity contribution in [3.63, 3.8) is 0 Å². The van der Waals surface area contributed by atoms with E-state index in [-0.39, 0.29) is 105 Å². The van der Waals surface area contributed by atoms with Crippen molar-refractivity contribution in [3.8, 4) is 45.8 Å². The SMILES string of the molecule is Cc1nc(-c2ccc(C(C)(C)C)cc2)nc(C)c1C(=O)C[C@@H](CCN)C(=O)N(C)[C@@H]1C(=O)C[C@@H](C)C(=O)N[C@H](C(=O)CCC#N)Cc2cc(OCCN)c(O)c(c2)-c2cc1ccc2OCCN. The van der Waals surface area contributed by atoms with E-state index in [1.54, 1.807) is 51.1 Å². The number of amides is 2. The van der Waals surface area contributed by atoms with Gasteiger partial charge in [-0.15, -0.1) is 0 Å². The van der Waals surface area contributed by atoms with Gasteiger partial charge in [0, 0.05) is 74.3 Å². The molecule has 0 saturated carbocycles. The second-order valence-corrected chi connectivity index (χ2v) is 18.2. The molecule has 0 saturated heterocycles. The molecule has 0 unspecified atom stereocenters. The summed E-state index contributed by atoms with van der Waals surface area (Å²) in [5, 5.41) is 23.8. The van der Waals surface area contributed by atoms with Crippen molar-refractivity contribution in [2.75, 3.05) is 39.9 Å². The van der Waals surface area contributed by atoms with Crippen LogP contribution in [0.1, 0.15) is 104 Å². The summed E-state index contributed by atoms with van der Waals surface area (Å²) in [5.74, 6) is -3.86. The van der Waals surface area contributed by atoms with Crippen LogP contribution < -0.4 is 32.0 Å². The van der Waals surface area contributed by atoms with Crippen molar-refractivity contribution in [2.24, 2.45) is 29.0 Å². The third-order valence-electron chi connectivity index (χ3n) is 12.0. The summed E-state index contributed by atoms with van der Waals surface area (Å²) in [6, 6.07) is 15.6. The summed E-state index contributed by atoms with van der Waals surface area (Å²) in [7, 11) is 1.46. The number of phenolic OH excluding ortho intramolecular Hbond substituents is 1. The zero-order chi connectivity index (χ0) is 49.2. The average Bonchev–Trinajstić information content (AvgIpc) is 3.28. The summed E-state index contributed by atoms with van der Waals surface area (Å²) in [4.78, 5) is 81.9. The fraction of sp³-hybridized carbons (Fsp3) is 0.451. The first-order valence-electron chi connectivity index (χ1n) is 22.7. The molecule has 356 valence electrons. The molecule has 0 aliphatic carbocycles. The molecular weight excluding hydrogens is 853 g/mol. The average molecular weight is 917 g/mol. The number of benzene rings is 3. The standard InChI is InChI=1S/C51H64N8O8/c1-29-23-42(62)46(59(7)50(65)35(16-18-53)28-41(61)45-30(2)56-48(57-31(45)3)33-10-13-36(14-11-33)51(4,5)6)34-12-15-43(66-21-19-54)37(27-34)38-24-32(26-44(47(38)63)67-22-20-55)25-39(58-49(29)64)40(60)9-8-17-52/h10-15,24,26-27,29,35,39,46,63H,8-9,16,18-23,25,28,53-55H2,1-7H3,(H,58,64)/t29-,35-,39+,46+/m1/s1. The van der Waals surface area contributed by atoms with Gasteiger partial charge < -0.3 is 42.0 Å². The summed E-state index contributed by atoms with van der Waals surface area (Å²) in [5.41, 5.74) is 22.1. The molecule has 1 aliphatic heterocycles. The second kappa shape index (κ2) is 22.8. The lowest BCUT2D eigenvalue weighted by molar-refractivity contribution is -0.142. The Balaban J connectivity index is 1.59. The maximum absolute atomic E-state index is 14.8. The first-order chi connectivity index (χ1) is 31.8. The molecule has 5 rings (SSSR count). The molecule has 2 heterocycles. The van der Waals surface area contributed by atoms with E-state index in [4.69, 9.17) is 36.6 Å². The van der Waals surface area contributed by atoms with Gasteiger partial charge in [-0.3, -0.25) is 24.0 Å². The lowest BCUT2D eigenvalue weighted by Gasteiger charge is -2.32. The predicted octanol–water partition coefficient (Wildman–Crippen LogP) is 5.35. The Morgan fingerprint density at radius 1 is 0.910 bits per heavy atom. The molecule has 0 fully saturated rings. The number of hydrogen-bond acceptors (Lipinski definition) is 14. The molecule has 0 spiro atoms. The monoisotopic (exact) mass is 916 g/mol. The number of carbonyl (C=O) groups excluding carboxylic acids is 5. The van der Waals surface area contributed by atoms with Crippen LogP contribution in [0.4, 0.5) is 0 Å². The minimum Gasteiger partial charge on any atom is -0.504 e. The lowest BCUT2D eigenvalue weighted by Crippen LogP contribution is -2.46. The van der Waals surface area contributed by atoms with E-state index < -0.39 is 47.3 Å². The van der Waals surface area contributed by atoms with Gasteiger partial charge in [-0.2, -0.15) is 5.26 Å². The summed E-state index contributed by atoms with van der Waals surface area (Å²) < 4.78 is 11.9. The molecular formula is C51H64N8O8. The molecule has 8 N–H and O–H groups in total. The molecule has 1 aromatic heterocycles. The number of likely N-dealkylation sites (N-methyl/N-ethyl adjacent to an activating group) is 1. The van der Waals surface area contributed by atoms with E-state index in [9.17, 15) is 34.3 Å². The molecule has 16 nitrogen and oxygen atoms in total. The van der Waals surface area contributed by atoms with Gasteiger partial charge in [0.25, 0.3) is 0 Å². The van der Waals surface area contributed by atoms with E-state index in [0.29, 0.717) is 39.5 Å². The number of phenols is 1. The van der Waals surface area contributed by atoms with Gasteiger partial charge in [0.05, 0.1) is 29.1 Å². The fourth-order valence-electron chi connectivity index (χ4n) is 8.39. The van der Waals surface area contributed by atoms with Crippen LogP contribution in [0.3, 0.4) is 0 Å². The minimum atomic E-state index is -1.31. The van der Waals surface area contributed by atoms with E-state index in [1.165, 1.54) is 11.9 Å². The maximum atomic E-state index is 14.8. The number of aromatic hydroxyl groups is 1. The number of nitriles is 1. The molecule has 67 heavy (non-hydrogen) atoms. The van der Waals surface area contributed by atoms with Gasteiger partial charge in [-0.1, -0.05) is 58.0 Å². The molecule has 16 heteroatoms. The van der Waals surface area contributed by atoms with Crippen LogP contribution in [-0.2, 0) is 31.0 Å². The fourth-order valence-corrected chi connectivity index (χ4v) is 8.39. The summed E-state index contributed by atoms with van der Waals surface area (Å²) in [6.45, 7) is 11.9. The number of carbonyl (C=O) groups is 5. The topological polar surface area (TPSA) is 267 Å². The number of nitrogens with one attached hydrogen (secondary N) is 1. The number of nitrogens with zero attached hydrogens (tertiary/aromatic N) is 4. The van der Waals surface area contributed by atoms with Crippen LogP contribution >= 0.6 is 0 Å². The van der Waals surface area contributed by atoms with Crippen molar-refractivity contribution in [2.45, 2.75) is 97.6 Å². The first-order valence-corrected chi connectivity index (χ1v) is 22.7. The molecule has 4 bridgehead atoms. The quantitative estimate of drug-likeness (QED) is 0.0836. The Morgan fingerprint density at radius 2 is 1.55 bits per heavy atom. The summed E-state index contributed by atoms with van der Waals surface area (Å²) in [6.07, 6.45) is -0.747. The van der Waals surface area contributed by atoms with Crippen LogP contribution in [0.2, 0.25) is 0 Å². The van der Waals surface area contributed by atoms with Crippen LogP contribution in [0.15, 0.2) is 54.6 Å². The van der Waals surface area contributed by atoms with Crippen LogP contribution in [0.5, 0.6) is 17.2 Å². The van der Waals surface area contributed by atoms with Crippen LogP contribution in [0.25, 0.3) is 22.5 Å². The van der Waals surface area contributed by atoms with Gasteiger partial charge in [0.2, 0.25) is 11.8 Å². The van der Waals surface area contributed by atoms with E-state index in [2.05, 4.69) is 26.1 Å². The first kappa shape index (κ1) is 51.4. The molecule has 1 aliphatic rings. The zero-order valence-corrected chi connectivity index (χ0v) is 39.6. The van der Waals surface area contributed by atoms with Gasteiger partial charge in [-0.05, 0) is 79.6 Å². The number of Topliss-reactive ketones (excluding diaryl/α,β-unsaturated/α-hetero) is 3. The number of aromatic nitrogens is 2. The highest BCUT2D eigenvalue weighted by molar-refractivity contribution is 6.01. The third kappa shape index (κ3) is 12.5. The van der Waals surface area contributed by atoms with E-state index in [1.807, 2.05) is 30.3 Å². The highest BCUT2D eigenvalue weighted by Gasteiger charge is 2.37. The molecule has 4 aromatic rings. The number of ether oxygens (including phenoxy) is 2. The van der Waals surface area contributed by atoms with Crippen molar-refractivity contribution in [1.82, 2.24) is 20.2 Å². The maximum Gasteiger partial charge on any atom is 0.226 e. The Bertz CT molecular complexity index is 2490. The number of ketones is 3. The number of aryl methyl sites for hydroxylation is 2. The number of nitrogens with two attached hydrogens (primary N) is 3. The van der Waals surface area contributed by atoms with Gasteiger partial charge in [-0.25, -0.2) is 9.97 Å². The third-order valence-corrected chi connectivity index (χ3v) is 12.0. The Morgan fingerprint density at radius 3 is 2.15 bits per heavy atom. The lowest BCUT2D eigenvalue weighted by atomic mass is 9.86. The van der Waals surface area contributed by atoms with Crippen molar-refractivity contribution in [3.05, 3.63) is 88.2 Å². The normalized spacial score (nSPS) is 16.8. The molecule has 2 amide bonds. The largest absolute Gasteiger partial charge is 0.504 e. The Hall–Kier alpha value is -6.54. The number of hydrogen-bond donors (Lipinski definition) is 5. The van der Waals surface area contributed by atoms with Gasteiger partial charge >= 0.3 is 0 Å². The number of fused-ring (bicyclic) bond motifs is 5. The Labute approximate surface area is 392 Å². The van der Waals surface area contributed by atoms with E-state index >= 15 is 0 Å². The predicted molar refractivity (Wildman–Crippen MR) is 254 cm³/mol. The highest BCUT2D eigenvalue weighted by atomic mass is 16.5. The van der Waals surface area contributed by atoms with Crippen molar-refractivity contribution >= 4 is 29.2 Å². The van der Waals surface area contributed by atoms with Gasteiger partial charge in [0.1, 0.15) is 25.0 Å². The van der Waals surface area contributed by atoms with Crippen LogP contribution in [0, 0.1) is 37.0 Å². The summed E-state index contributed by atoms with van der Waals surface area (Å²) >= 11 is 0. The molecule has 0 radical (unpaired) electrons. The van der Waals surface area contributed by atoms with Gasteiger partial charge in [0.15, 0.2) is 34.7 Å². The second-order valence-electron chi connectivity index (χ2n) is 18.2. The highest BCUT2D eigenvalue weighted by Crippen LogP contribution is 2.44. The zero-order valence-electron chi connectivity index (χ0n) is 39.6. The smallest absolute Gasteiger partial charge is 0.226 e. The van der Waals surface area contributed by atoms with Crippen molar-refractivity contribution in [1.29, 1.82) is 5.26 Å². The van der Waals surface area contributed by atoms with Crippen LogP contribution in [-0.4, -0.2) is 95.1 Å².